The van der Waals surface area contributed by atoms with Gasteiger partial charge in [-0.15, -0.1) is 0 Å². The quantitative estimate of drug-likeness (QED) is 0.888. The van der Waals surface area contributed by atoms with Gasteiger partial charge < -0.3 is 19.9 Å². The summed E-state index contributed by atoms with van der Waals surface area (Å²) in [5.74, 6) is 0.435. The van der Waals surface area contributed by atoms with Crippen molar-refractivity contribution < 1.29 is 4.74 Å². The summed E-state index contributed by atoms with van der Waals surface area (Å²) in [5.41, 5.74) is 7.60. The van der Waals surface area contributed by atoms with Gasteiger partial charge in [-0.2, -0.15) is 0 Å². The first-order valence-corrected chi connectivity index (χ1v) is 7.83. The van der Waals surface area contributed by atoms with Crippen LogP contribution in [0.15, 0.2) is 12.5 Å². The first-order chi connectivity index (χ1) is 9.75. The Bertz CT molecular complexity index is 421. The highest BCUT2D eigenvalue weighted by Gasteiger charge is 2.27. The highest BCUT2D eigenvalue weighted by atomic mass is 16.5. The van der Waals surface area contributed by atoms with Crippen molar-refractivity contribution >= 4 is 0 Å². The number of nitrogens with zero attached hydrogens (tertiary/aromatic N) is 3. The molecule has 2 N–H and O–H groups in total. The molecule has 0 amide bonds. The summed E-state index contributed by atoms with van der Waals surface area (Å²) in [5, 5.41) is 0. The molecule has 2 aliphatic heterocycles. The third-order valence-corrected chi connectivity index (χ3v) is 4.71. The summed E-state index contributed by atoms with van der Waals surface area (Å²) in [6.07, 6.45) is 7.60. The van der Waals surface area contributed by atoms with Crippen LogP contribution in [0.25, 0.3) is 0 Å². The first kappa shape index (κ1) is 14.0. The van der Waals surface area contributed by atoms with Gasteiger partial charge >= 0.3 is 0 Å². The van der Waals surface area contributed by atoms with Crippen molar-refractivity contribution in [3.8, 4) is 0 Å². The smallest absolute Gasteiger partial charge is 0.0951 e. The molecule has 0 spiro atoms. The van der Waals surface area contributed by atoms with Crippen molar-refractivity contribution in [2.45, 2.75) is 38.3 Å². The summed E-state index contributed by atoms with van der Waals surface area (Å²) >= 11 is 0. The van der Waals surface area contributed by atoms with Crippen LogP contribution in [0.4, 0.5) is 0 Å². The zero-order chi connectivity index (χ0) is 13.9. The van der Waals surface area contributed by atoms with Crippen LogP contribution in [0.1, 0.15) is 44.0 Å². The fourth-order valence-corrected chi connectivity index (χ4v) is 3.45. The fourth-order valence-electron chi connectivity index (χ4n) is 3.45. The predicted molar refractivity (Wildman–Crippen MR) is 78.5 cm³/mol. The number of aromatic nitrogens is 2. The van der Waals surface area contributed by atoms with E-state index in [2.05, 4.69) is 21.4 Å². The second-order valence-electron chi connectivity index (χ2n) is 6.23. The van der Waals surface area contributed by atoms with E-state index in [1.165, 1.54) is 25.9 Å². The maximum atomic E-state index is 6.44. The van der Waals surface area contributed by atoms with Crippen LogP contribution in [-0.2, 0) is 4.74 Å². The summed E-state index contributed by atoms with van der Waals surface area (Å²) in [7, 11) is 0. The van der Waals surface area contributed by atoms with Crippen LogP contribution in [0.3, 0.4) is 0 Å². The summed E-state index contributed by atoms with van der Waals surface area (Å²) in [6, 6.07) is 0.472. The van der Waals surface area contributed by atoms with Gasteiger partial charge in [0.25, 0.3) is 0 Å². The average molecular weight is 278 g/mol. The normalized spacial score (nSPS) is 27.0. The Morgan fingerprint density at radius 2 is 2.25 bits per heavy atom. The van der Waals surface area contributed by atoms with Gasteiger partial charge in [0.15, 0.2) is 0 Å². The van der Waals surface area contributed by atoms with Crippen LogP contribution < -0.4 is 5.73 Å². The minimum Gasteiger partial charge on any atom is -0.381 e. The molecule has 2 aliphatic rings. The van der Waals surface area contributed by atoms with E-state index in [1.807, 2.05) is 12.5 Å². The molecule has 0 aliphatic carbocycles. The highest BCUT2D eigenvalue weighted by molar-refractivity contribution is 5.08. The zero-order valence-electron chi connectivity index (χ0n) is 12.4. The average Bonchev–Trinajstić information content (AvgIpc) is 3.19. The Morgan fingerprint density at radius 1 is 1.45 bits per heavy atom. The van der Waals surface area contributed by atoms with Gasteiger partial charge in [-0.1, -0.05) is 0 Å². The van der Waals surface area contributed by atoms with E-state index in [0.29, 0.717) is 12.0 Å². The number of imidazole rings is 1. The van der Waals surface area contributed by atoms with Gasteiger partial charge in [0.2, 0.25) is 0 Å². The molecule has 112 valence electrons. The molecule has 2 saturated heterocycles. The molecule has 3 unspecified atom stereocenters. The first-order valence-electron chi connectivity index (χ1n) is 7.83. The third kappa shape index (κ3) is 2.90. The lowest BCUT2D eigenvalue weighted by Crippen LogP contribution is -2.30. The summed E-state index contributed by atoms with van der Waals surface area (Å²) < 4.78 is 7.73. The fraction of sp³-hybridized carbons (Fsp3) is 0.800. The highest BCUT2D eigenvalue weighted by Crippen LogP contribution is 2.28. The molecule has 20 heavy (non-hydrogen) atoms. The minimum absolute atomic E-state index is 0.0426. The van der Waals surface area contributed by atoms with Crippen molar-refractivity contribution in [3.63, 3.8) is 0 Å². The van der Waals surface area contributed by atoms with Crippen molar-refractivity contribution in [1.29, 1.82) is 0 Å². The van der Waals surface area contributed by atoms with Gasteiger partial charge in [-0.05, 0) is 39.3 Å². The van der Waals surface area contributed by atoms with Crippen molar-refractivity contribution in [2.24, 2.45) is 11.7 Å². The van der Waals surface area contributed by atoms with E-state index in [4.69, 9.17) is 10.5 Å². The van der Waals surface area contributed by atoms with Crippen molar-refractivity contribution in [2.75, 3.05) is 32.8 Å². The Morgan fingerprint density at radius 3 is 2.95 bits per heavy atom. The molecular formula is C15H26N4O. The number of hydrogen-bond acceptors (Lipinski definition) is 4. The number of nitrogens with two attached hydrogens (primary N) is 1. The molecule has 5 nitrogen and oxygen atoms in total. The number of rotatable bonds is 5. The van der Waals surface area contributed by atoms with Crippen LogP contribution in [-0.4, -0.2) is 47.3 Å². The second kappa shape index (κ2) is 6.24. The molecule has 3 heterocycles. The standard InChI is InChI=1S/C15H26N4O/c1-12(9-18-5-2-3-6-18)19-11-17-8-14(19)15(16)13-4-7-20-10-13/h8,11-13,15H,2-7,9-10,16H2,1H3. The summed E-state index contributed by atoms with van der Waals surface area (Å²) in [6.45, 7) is 7.45. The van der Waals surface area contributed by atoms with E-state index >= 15 is 0 Å². The molecule has 0 radical (unpaired) electrons. The van der Waals surface area contributed by atoms with E-state index in [-0.39, 0.29) is 6.04 Å². The predicted octanol–water partition coefficient (Wildman–Crippen LogP) is 1.58. The molecule has 5 heteroatoms. The molecule has 0 aromatic carbocycles. The van der Waals surface area contributed by atoms with Crippen LogP contribution in [0.5, 0.6) is 0 Å². The van der Waals surface area contributed by atoms with Gasteiger partial charge in [0.1, 0.15) is 0 Å². The number of ether oxygens (including phenoxy) is 1. The maximum absolute atomic E-state index is 6.44. The SMILES string of the molecule is CC(CN1CCCC1)n1cncc1C(N)C1CCOC1. The zero-order valence-corrected chi connectivity index (χ0v) is 12.4. The number of hydrogen-bond donors (Lipinski definition) is 1. The second-order valence-corrected chi connectivity index (χ2v) is 6.23. The van der Waals surface area contributed by atoms with E-state index in [0.717, 1.165) is 31.9 Å². The lowest BCUT2D eigenvalue weighted by Gasteiger charge is -2.26. The Hall–Kier alpha value is -0.910. The maximum Gasteiger partial charge on any atom is 0.0951 e. The van der Waals surface area contributed by atoms with Gasteiger partial charge in [0.05, 0.1) is 24.7 Å². The van der Waals surface area contributed by atoms with Gasteiger partial charge in [-0.25, -0.2) is 4.98 Å². The van der Waals surface area contributed by atoms with Crippen LogP contribution in [0.2, 0.25) is 0 Å². The molecule has 1 aromatic heterocycles. The monoisotopic (exact) mass is 278 g/mol. The molecule has 0 bridgehead atoms. The molecule has 1 aromatic rings. The van der Waals surface area contributed by atoms with Gasteiger partial charge in [-0.3, -0.25) is 0 Å². The Labute approximate surface area is 121 Å². The Balaban J connectivity index is 1.68. The number of likely N-dealkylation sites (tertiary alicyclic amines) is 1. The van der Waals surface area contributed by atoms with E-state index in [1.54, 1.807) is 0 Å². The van der Waals surface area contributed by atoms with E-state index < -0.39 is 0 Å². The molecular weight excluding hydrogens is 252 g/mol. The van der Waals surface area contributed by atoms with E-state index in [9.17, 15) is 0 Å². The topological polar surface area (TPSA) is 56.3 Å². The molecule has 2 fully saturated rings. The van der Waals surface area contributed by atoms with Crippen LogP contribution >= 0.6 is 0 Å². The largest absolute Gasteiger partial charge is 0.381 e. The Kier molecular flexibility index (Phi) is 4.38. The molecule has 3 rings (SSSR count). The minimum atomic E-state index is 0.0426. The third-order valence-electron chi connectivity index (χ3n) is 4.71. The van der Waals surface area contributed by atoms with Crippen molar-refractivity contribution in [3.05, 3.63) is 18.2 Å². The summed E-state index contributed by atoms with van der Waals surface area (Å²) in [4.78, 5) is 6.87. The van der Waals surface area contributed by atoms with Crippen LogP contribution in [0, 0.1) is 5.92 Å². The lowest BCUT2D eigenvalue weighted by atomic mass is 9.97. The lowest BCUT2D eigenvalue weighted by molar-refractivity contribution is 0.179. The molecule has 3 atom stereocenters. The molecule has 0 saturated carbocycles. The van der Waals surface area contributed by atoms with Gasteiger partial charge in [0, 0.05) is 31.3 Å². The van der Waals surface area contributed by atoms with Crippen molar-refractivity contribution in [1.82, 2.24) is 14.5 Å².